The van der Waals surface area contributed by atoms with Gasteiger partial charge < -0.3 is 14.2 Å². The van der Waals surface area contributed by atoms with E-state index < -0.39 is 5.79 Å². The molecule has 1 fully saturated rings. The molecule has 4 heteroatoms. The zero-order valence-corrected chi connectivity index (χ0v) is 19.3. The zero-order valence-electron chi connectivity index (χ0n) is 19.3. The highest BCUT2D eigenvalue weighted by Crippen LogP contribution is 2.22. The maximum absolute atomic E-state index is 11.8. The molecular formula is C26H42O4. The fourth-order valence-electron chi connectivity index (χ4n) is 3.09. The van der Waals surface area contributed by atoms with Crippen LogP contribution in [0.15, 0.2) is 48.6 Å². The molecule has 0 aromatic heterocycles. The van der Waals surface area contributed by atoms with Crippen molar-refractivity contribution in [1.82, 2.24) is 0 Å². The fraction of sp³-hybridized carbons (Fsp3) is 0.654. The van der Waals surface area contributed by atoms with Crippen molar-refractivity contribution in [3.63, 3.8) is 0 Å². The molecule has 0 N–H and O–H groups in total. The number of hydrogen-bond acceptors (Lipinski definition) is 4. The maximum atomic E-state index is 11.8. The molecule has 1 atom stereocenters. The molecule has 1 aliphatic heterocycles. The minimum Gasteiger partial charge on any atom is -0.463 e. The van der Waals surface area contributed by atoms with E-state index in [9.17, 15) is 4.79 Å². The molecule has 0 radical (unpaired) electrons. The van der Waals surface area contributed by atoms with Gasteiger partial charge in [0.1, 0.15) is 12.7 Å². The highest BCUT2D eigenvalue weighted by molar-refractivity contribution is 5.69. The SMILES string of the molecule is CCC=CCC=CCC=CCC=CCCCCCCC(=O)OCC1COC(C)(C)O1. The van der Waals surface area contributed by atoms with E-state index in [1.807, 2.05) is 13.8 Å². The Morgan fingerprint density at radius 2 is 1.50 bits per heavy atom. The molecule has 0 saturated carbocycles. The van der Waals surface area contributed by atoms with Crippen molar-refractivity contribution >= 4 is 5.97 Å². The van der Waals surface area contributed by atoms with E-state index in [1.54, 1.807) is 0 Å². The van der Waals surface area contributed by atoms with Gasteiger partial charge in [-0.2, -0.15) is 0 Å². The summed E-state index contributed by atoms with van der Waals surface area (Å²) in [5.41, 5.74) is 0. The average molecular weight is 419 g/mol. The molecule has 1 rings (SSSR count). The summed E-state index contributed by atoms with van der Waals surface area (Å²) in [5, 5.41) is 0. The summed E-state index contributed by atoms with van der Waals surface area (Å²) in [4.78, 5) is 11.8. The van der Waals surface area contributed by atoms with E-state index in [0.29, 0.717) is 13.0 Å². The molecule has 0 amide bonds. The van der Waals surface area contributed by atoms with Crippen LogP contribution >= 0.6 is 0 Å². The number of ether oxygens (including phenoxy) is 3. The van der Waals surface area contributed by atoms with E-state index in [2.05, 4.69) is 55.5 Å². The van der Waals surface area contributed by atoms with Gasteiger partial charge in [-0.1, -0.05) is 68.4 Å². The lowest BCUT2D eigenvalue weighted by Gasteiger charge is -2.16. The van der Waals surface area contributed by atoms with Crippen LogP contribution in [0, 0.1) is 0 Å². The number of allylic oxidation sites excluding steroid dienone is 8. The van der Waals surface area contributed by atoms with E-state index >= 15 is 0 Å². The molecule has 30 heavy (non-hydrogen) atoms. The second-order valence-corrected chi connectivity index (χ2v) is 8.09. The topological polar surface area (TPSA) is 44.8 Å². The second-order valence-electron chi connectivity index (χ2n) is 8.09. The fourth-order valence-corrected chi connectivity index (χ4v) is 3.09. The zero-order chi connectivity index (χ0) is 21.9. The average Bonchev–Trinajstić information content (AvgIpc) is 3.07. The summed E-state index contributed by atoms with van der Waals surface area (Å²) in [6, 6.07) is 0. The lowest BCUT2D eigenvalue weighted by molar-refractivity contribution is -0.158. The van der Waals surface area contributed by atoms with Crippen LogP contribution in [-0.2, 0) is 19.0 Å². The molecule has 1 heterocycles. The first-order valence-electron chi connectivity index (χ1n) is 11.6. The summed E-state index contributed by atoms with van der Waals surface area (Å²) >= 11 is 0. The van der Waals surface area contributed by atoms with Crippen molar-refractivity contribution in [2.45, 2.75) is 96.9 Å². The molecule has 0 aromatic rings. The smallest absolute Gasteiger partial charge is 0.305 e. The Bertz CT molecular complexity index is 557. The minimum absolute atomic E-state index is 0.137. The normalized spacial score (nSPS) is 19.1. The van der Waals surface area contributed by atoms with Gasteiger partial charge in [0, 0.05) is 6.42 Å². The number of carbonyl (C=O) groups excluding carboxylic acids is 1. The van der Waals surface area contributed by atoms with Gasteiger partial charge in [0.15, 0.2) is 5.79 Å². The first-order valence-corrected chi connectivity index (χ1v) is 11.6. The van der Waals surface area contributed by atoms with Gasteiger partial charge in [-0.05, 0) is 58.8 Å². The third-order valence-corrected chi connectivity index (χ3v) is 4.72. The molecule has 1 aliphatic rings. The van der Waals surface area contributed by atoms with Crippen molar-refractivity contribution in [2.75, 3.05) is 13.2 Å². The lowest BCUT2D eigenvalue weighted by Crippen LogP contribution is -2.25. The molecule has 0 bridgehead atoms. The highest BCUT2D eigenvalue weighted by Gasteiger charge is 2.33. The summed E-state index contributed by atoms with van der Waals surface area (Å²) in [6.07, 6.45) is 27.7. The standard InChI is InChI=1S/C26H42O4/c1-4-5-6-7-8-9-10-11-12-13-14-15-16-17-18-19-20-21-25(27)28-22-24-23-29-26(2,3)30-24/h5-6,8-9,11-12,14-15,24H,4,7,10,13,16-23H2,1-3H3. The van der Waals surface area contributed by atoms with Crippen molar-refractivity contribution in [2.24, 2.45) is 0 Å². The van der Waals surface area contributed by atoms with Crippen LogP contribution in [0.25, 0.3) is 0 Å². The summed E-state index contributed by atoms with van der Waals surface area (Å²) in [5.74, 6) is -0.702. The Morgan fingerprint density at radius 3 is 2.10 bits per heavy atom. The van der Waals surface area contributed by atoms with E-state index in [0.717, 1.165) is 51.4 Å². The first-order chi connectivity index (χ1) is 14.5. The molecule has 0 spiro atoms. The van der Waals surface area contributed by atoms with Gasteiger partial charge in [0.25, 0.3) is 0 Å². The van der Waals surface area contributed by atoms with Crippen LogP contribution in [0.3, 0.4) is 0 Å². The molecule has 1 unspecified atom stereocenters. The number of rotatable bonds is 16. The summed E-state index contributed by atoms with van der Waals surface area (Å²) in [7, 11) is 0. The van der Waals surface area contributed by atoms with Crippen LogP contribution in [-0.4, -0.2) is 31.1 Å². The van der Waals surface area contributed by atoms with Gasteiger partial charge in [-0.15, -0.1) is 0 Å². The third kappa shape index (κ3) is 15.2. The monoisotopic (exact) mass is 418 g/mol. The van der Waals surface area contributed by atoms with Crippen LogP contribution in [0.1, 0.15) is 85.0 Å². The van der Waals surface area contributed by atoms with Crippen LogP contribution in [0.5, 0.6) is 0 Å². The minimum atomic E-state index is -0.565. The van der Waals surface area contributed by atoms with Gasteiger partial charge in [-0.25, -0.2) is 0 Å². The Hall–Kier alpha value is -1.65. The Balaban J connectivity index is 1.88. The van der Waals surface area contributed by atoms with Crippen LogP contribution in [0.4, 0.5) is 0 Å². The number of carbonyl (C=O) groups is 1. The number of hydrogen-bond donors (Lipinski definition) is 0. The largest absolute Gasteiger partial charge is 0.463 e. The Labute approximate surface area is 184 Å². The van der Waals surface area contributed by atoms with Gasteiger partial charge >= 0.3 is 5.97 Å². The third-order valence-electron chi connectivity index (χ3n) is 4.72. The Kier molecular flexibility index (Phi) is 15.0. The van der Waals surface area contributed by atoms with Gasteiger partial charge in [0.05, 0.1) is 6.61 Å². The van der Waals surface area contributed by atoms with Crippen molar-refractivity contribution in [3.8, 4) is 0 Å². The molecular weight excluding hydrogens is 376 g/mol. The summed E-state index contributed by atoms with van der Waals surface area (Å²) < 4.78 is 16.4. The van der Waals surface area contributed by atoms with Gasteiger partial charge in [0.2, 0.25) is 0 Å². The van der Waals surface area contributed by atoms with Crippen molar-refractivity contribution < 1.29 is 19.0 Å². The Morgan fingerprint density at radius 1 is 0.900 bits per heavy atom. The van der Waals surface area contributed by atoms with Crippen LogP contribution < -0.4 is 0 Å². The van der Waals surface area contributed by atoms with Crippen molar-refractivity contribution in [1.29, 1.82) is 0 Å². The second kappa shape index (κ2) is 17.1. The first kappa shape index (κ1) is 26.4. The van der Waals surface area contributed by atoms with Crippen LogP contribution in [0.2, 0.25) is 0 Å². The van der Waals surface area contributed by atoms with Gasteiger partial charge in [-0.3, -0.25) is 4.79 Å². The molecule has 0 aromatic carbocycles. The predicted octanol–water partition coefficient (Wildman–Crippen LogP) is 6.83. The molecule has 1 saturated heterocycles. The number of esters is 1. The summed E-state index contributed by atoms with van der Waals surface area (Å²) in [6.45, 7) is 6.66. The quantitative estimate of drug-likeness (QED) is 0.157. The lowest BCUT2D eigenvalue weighted by atomic mass is 10.1. The maximum Gasteiger partial charge on any atom is 0.305 e. The molecule has 4 nitrogen and oxygen atoms in total. The van der Waals surface area contributed by atoms with E-state index in [1.165, 1.54) is 6.42 Å². The highest BCUT2D eigenvalue weighted by atomic mass is 16.7. The predicted molar refractivity (Wildman–Crippen MR) is 124 cm³/mol. The molecule has 170 valence electrons. The number of unbranched alkanes of at least 4 members (excludes halogenated alkanes) is 4. The molecule has 0 aliphatic carbocycles. The van der Waals surface area contributed by atoms with E-state index in [-0.39, 0.29) is 18.7 Å². The van der Waals surface area contributed by atoms with E-state index in [4.69, 9.17) is 14.2 Å². The van der Waals surface area contributed by atoms with Crippen molar-refractivity contribution in [3.05, 3.63) is 48.6 Å².